The van der Waals surface area contributed by atoms with Gasteiger partial charge in [0.15, 0.2) is 0 Å². The van der Waals surface area contributed by atoms with Crippen LogP contribution in [0.4, 0.5) is 0 Å². The summed E-state index contributed by atoms with van der Waals surface area (Å²) in [6, 6.07) is 0.779. The van der Waals surface area contributed by atoms with Gasteiger partial charge >= 0.3 is 0 Å². The summed E-state index contributed by atoms with van der Waals surface area (Å²) < 4.78 is 4.87. The molecule has 3 N–H and O–H groups in total. The van der Waals surface area contributed by atoms with E-state index in [4.69, 9.17) is 4.42 Å². The lowest BCUT2D eigenvalue weighted by Crippen LogP contribution is -2.62. The summed E-state index contributed by atoms with van der Waals surface area (Å²) in [5.41, 5.74) is -0.521. The molecule has 7 heteroatoms. The summed E-state index contributed by atoms with van der Waals surface area (Å²) in [4.78, 5) is 37.2. The van der Waals surface area contributed by atoms with Crippen molar-refractivity contribution in [2.75, 3.05) is 6.54 Å². The van der Waals surface area contributed by atoms with Gasteiger partial charge in [0.05, 0.1) is 11.8 Å². The zero-order valence-electron chi connectivity index (χ0n) is 14.9. The van der Waals surface area contributed by atoms with E-state index >= 15 is 0 Å². The number of nitrogens with one attached hydrogen (secondary N) is 3. The van der Waals surface area contributed by atoms with Gasteiger partial charge < -0.3 is 20.4 Å². The molecule has 1 aliphatic carbocycles. The molecular weight excluding hydrogens is 322 g/mol. The van der Waals surface area contributed by atoms with E-state index < -0.39 is 11.6 Å². The van der Waals surface area contributed by atoms with Gasteiger partial charge in [0, 0.05) is 6.54 Å². The fourth-order valence-corrected chi connectivity index (χ4v) is 3.06. The molecule has 0 spiro atoms. The van der Waals surface area contributed by atoms with Crippen molar-refractivity contribution in [1.82, 2.24) is 16.0 Å². The van der Waals surface area contributed by atoms with Gasteiger partial charge in [-0.05, 0) is 32.3 Å². The molecule has 2 rings (SSSR count). The van der Waals surface area contributed by atoms with Crippen LogP contribution < -0.4 is 16.0 Å². The van der Waals surface area contributed by atoms with Crippen LogP contribution in [-0.2, 0) is 9.59 Å². The van der Waals surface area contributed by atoms with Gasteiger partial charge in [0.25, 0.3) is 5.91 Å². The number of carbonyl (C=O) groups is 3. The molecule has 25 heavy (non-hydrogen) atoms. The Labute approximate surface area is 147 Å². The molecule has 0 saturated heterocycles. The minimum absolute atomic E-state index is 0.129. The van der Waals surface area contributed by atoms with Crippen molar-refractivity contribution in [2.45, 2.75) is 64.0 Å². The van der Waals surface area contributed by atoms with Gasteiger partial charge in [-0.3, -0.25) is 14.4 Å². The number of hydrogen-bond acceptors (Lipinski definition) is 4. The van der Waals surface area contributed by atoms with Crippen LogP contribution in [-0.4, -0.2) is 35.8 Å². The lowest BCUT2D eigenvalue weighted by Gasteiger charge is -2.37. The third-order valence-corrected chi connectivity index (χ3v) is 4.56. The van der Waals surface area contributed by atoms with Gasteiger partial charge in [-0.25, -0.2) is 0 Å². The molecule has 0 radical (unpaired) electrons. The second kappa shape index (κ2) is 8.69. The summed E-state index contributed by atoms with van der Waals surface area (Å²) in [6.45, 7) is 4.18. The van der Waals surface area contributed by atoms with E-state index in [1.165, 1.54) is 18.6 Å². The van der Waals surface area contributed by atoms with Crippen molar-refractivity contribution in [2.24, 2.45) is 0 Å². The Bertz CT molecular complexity index is 591. The van der Waals surface area contributed by atoms with Crippen molar-refractivity contribution in [3.63, 3.8) is 0 Å². The molecule has 1 saturated carbocycles. The van der Waals surface area contributed by atoms with E-state index in [0.717, 1.165) is 25.7 Å². The third-order valence-electron chi connectivity index (χ3n) is 4.56. The van der Waals surface area contributed by atoms with E-state index in [1.807, 2.05) is 6.92 Å². The molecular formula is C18H27N3O4. The smallest absolute Gasteiger partial charge is 0.255 e. The average molecular weight is 349 g/mol. The van der Waals surface area contributed by atoms with Crippen molar-refractivity contribution >= 4 is 17.7 Å². The van der Waals surface area contributed by atoms with Crippen molar-refractivity contribution in [3.05, 3.63) is 24.2 Å². The molecule has 1 aromatic rings. The van der Waals surface area contributed by atoms with Gasteiger partial charge in [-0.2, -0.15) is 0 Å². The van der Waals surface area contributed by atoms with Gasteiger partial charge in [0.1, 0.15) is 17.8 Å². The first-order valence-corrected chi connectivity index (χ1v) is 8.92. The maximum Gasteiger partial charge on any atom is 0.255 e. The van der Waals surface area contributed by atoms with E-state index in [-0.39, 0.29) is 17.7 Å². The molecule has 1 heterocycles. The van der Waals surface area contributed by atoms with Crippen LogP contribution >= 0.6 is 0 Å². The van der Waals surface area contributed by atoms with Crippen LogP contribution in [0.15, 0.2) is 23.0 Å². The Morgan fingerprint density at radius 3 is 2.56 bits per heavy atom. The Morgan fingerprint density at radius 2 is 1.96 bits per heavy atom. The monoisotopic (exact) mass is 349 g/mol. The van der Waals surface area contributed by atoms with Crippen molar-refractivity contribution < 1.29 is 18.8 Å². The van der Waals surface area contributed by atoms with Crippen molar-refractivity contribution in [1.29, 1.82) is 0 Å². The highest BCUT2D eigenvalue weighted by Gasteiger charge is 2.41. The van der Waals surface area contributed by atoms with Crippen LogP contribution in [0.25, 0.3) is 0 Å². The molecule has 7 nitrogen and oxygen atoms in total. The maximum absolute atomic E-state index is 12.6. The number of carbonyl (C=O) groups excluding carboxylic acids is 3. The summed E-state index contributed by atoms with van der Waals surface area (Å²) in [5, 5.41) is 8.43. The quantitative estimate of drug-likeness (QED) is 0.698. The molecule has 0 bridgehead atoms. The molecule has 0 aliphatic heterocycles. The van der Waals surface area contributed by atoms with Gasteiger partial charge in [-0.1, -0.05) is 26.2 Å². The fourth-order valence-electron chi connectivity index (χ4n) is 3.06. The predicted molar refractivity (Wildman–Crippen MR) is 92.9 cm³/mol. The lowest BCUT2D eigenvalue weighted by atomic mass is 9.80. The maximum atomic E-state index is 12.6. The first-order chi connectivity index (χ1) is 12.0. The van der Waals surface area contributed by atoms with Crippen LogP contribution in [0, 0.1) is 0 Å². The number of rotatable bonds is 7. The Hall–Kier alpha value is -2.31. The Kier molecular flexibility index (Phi) is 6.61. The zero-order chi connectivity index (χ0) is 18.3. The average Bonchev–Trinajstić information content (AvgIpc) is 3.15. The molecule has 3 amide bonds. The van der Waals surface area contributed by atoms with Crippen LogP contribution in [0.3, 0.4) is 0 Å². The van der Waals surface area contributed by atoms with E-state index in [9.17, 15) is 14.4 Å². The molecule has 1 aliphatic rings. The normalized spacial score (nSPS) is 17.4. The first kappa shape index (κ1) is 19.0. The fraction of sp³-hybridized carbons (Fsp3) is 0.611. The molecule has 1 atom stereocenters. The van der Waals surface area contributed by atoms with Crippen LogP contribution in [0.1, 0.15) is 62.7 Å². The van der Waals surface area contributed by atoms with E-state index in [1.54, 1.807) is 6.92 Å². The molecule has 1 fully saturated rings. The highest BCUT2D eigenvalue weighted by Crippen LogP contribution is 2.28. The first-order valence-electron chi connectivity index (χ1n) is 8.92. The number of hydrogen-bond donors (Lipinski definition) is 3. The summed E-state index contributed by atoms with van der Waals surface area (Å²) in [6.07, 6.45) is 7.66. The topological polar surface area (TPSA) is 100 Å². The highest BCUT2D eigenvalue weighted by molar-refractivity contribution is 5.98. The second-order valence-corrected chi connectivity index (χ2v) is 6.60. The Morgan fingerprint density at radius 1 is 1.24 bits per heavy atom. The van der Waals surface area contributed by atoms with Gasteiger partial charge in [-0.15, -0.1) is 0 Å². The summed E-state index contributed by atoms with van der Waals surface area (Å²) >= 11 is 0. The van der Waals surface area contributed by atoms with E-state index in [2.05, 4.69) is 16.0 Å². The number of furan rings is 1. The van der Waals surface area contributed by atoms with Gasteiger partial charge in [0.2, 0.25) is 11.8 Å². The molecule has 0 aromatic carbocycles. The zero-order valence-corrected chi connectivity index (χ0v) is 14.9. The molecule has 1 unspecified atom stereocenters. The standard InChI is InChI=1S/C18H27N3O4/c1-3-10-19-17(24)18(8-5-4-6-9-18)21-15(22)13(2)20-16(23)14-7-11-25-12-14/h7,11-13H,3-6,8-10H2,1-2H3,(H,19,24)(H,20,23)(H,21,22). The SMILES string of the molecule is CCCNC(=O)C1(NC(=O)C(C)NC(=O)c2ccoc2)CCCCC1. The predicted octanol–water partition coefficient (Wildman–Crippen LogP) is 1.74. The Balaban J connectivity index is 2.00. The minimum Gasteiger partial charge on any atom is -0.472 e. The molecule has 138 valence electrons. The highest BCUT2D eigenvalue weighted by atomic mass is 16.3. The summed E-state index contributed by atoms with van der Waals surface area (Å²) in [5.74, 6) is -0.870. The second-order valence-electron chi connectivity index (χ2n) is 6.60. The van der Waals surface area contributed by atoms with Crippen LogP contribution in [0.2, 0.25) is 0 Å². The largest absolute Gasteiger partial charge is 0.472 e. The van der Waals surface area contributed by atoms with Crippen molar-refractivity contribution in [3.8, 4) is 0 Å². The lowest BCUT2D eigenvalue weighted by molar-refractivity contribution is -0.135. The minimum atomic E-state index is -0.876. The van der Waals surface area contributed by atoms with E-state index in [0.29, 0.717) is 24.9 Å². The third kappa shape index (κ3) is 4.84. The van der Waals surface area contributed by atoms with Crippen LogP contribution in [0.5, 0.6) is 0 Å². The number of amides is 3. The molecule has 1 aromatic heterocycles. The summed E-state index contributed by atoms with van der Waals surface area (Å²) in [7, 11) is 0.